The Morgan fingerprint density at radius 2 is 1.58 bits per heavy atom. The lowest BCUT2D eigenvalue weighted by molar-refractivity contribution is -0.119. The van der Waals surface area contributed by atoms with E-state index in [0.29, 0.717) is 26.8 Å². The second-order valence-corrected chi connectivity index (χ2v) is 8.62. The maximum atomic E-state index is 13.2. The van der Waals surface area contributed by atoms with Crippen molar-refractivity contribution in [2.45, 2.75) is 32.9 Å². The number of nitrogens with zero attached hydrogens (tertiary/aromatic N) is 1. The van der Waals surface area contributed by atoms with Crippen molar-refractivity contribution in [3.05, 3.63) is 69.1 Å². The predicted octanol–water partition coefficient (Wildman–Crippen LogP) is 5.38. The van der Waals surface area contributed by atoms with Crippen molar-refractivity contribution in [2.75, 3.05) is 4.90 Å². The molecule has 2 aromatic carbocycles. The highest BCUT2D eigenvalue weighted by atomic mass is 35.5. The number of rotatable bonds is 4. The number of carbonyl (C=O) groups is 2. The van der Waals surface area contributed by atoms with Gasteiger partial charge in [-0.15, -0.1) is 11.8 Å². The van der Waals surface area contributed by atoms with Crippen LogP contribution in [0, 0.1) is 13.8 Å². The molecule has 2 aromatic rings. The lowest BCUT2D eigenvalue weighted by Crippen LogP contribution is -2.31. The van der Waals surface area contributed by atoms with Gasteiger partial charge >= 0.3 is 0 Å². The molecule has 0 saturated carbocycles. The van der Waals surface area contributed by atoms with Crippen LogP contribution in [0.3, 0.4) is 0 Å². The number of benzene rings is 2. The zero-order valence-corrected chi connectivity index (χ0v) is 16.7. The molecule has 3 nitrogen and oxygen atoms in total. The summed E-state index contributed by atoms with van der Waals surface area (Å²) in [5.41, 5.74) is 3.93. The van der Waals surface area contributed by atoms with E-state index in [1.54, 1.807) is 24.3 Å². The Morgan fingerprint density at radius 3 is 2.15 bits per heavy atom. The molecule has 0 radical (unpaired) electrons. The molecule has 1 aliphatic heterocycles. The Morgan fingerprint density at radius 1 is 0.923 bits per heavy atom. The fraction of sp³-hybridized carbons (Fsp3) is 0.238. The van der Waals surface area contributed by atoms with E-state index in [1.165, 1.54) is 16.7 Å². The van der Waals surface area contributed by atoms with Gasteiger partial charge in [-0.25, -0.2) is 4.90 Å². The smallest absolute Gasteiger partial charge is 0.268 e. The fourth-order valence-electron chi connectivity index (χ4n) is 2.82. The van der Waals surface area contributed by atoms with Crippen molar-refractivity contribution in [2.24, 2.45) is 0 Å². The van der Waals surface area contributed by atoms with Crippen LogP contribution in [0.25, 0.3) is 5.57 Å². The summed E-state index contributed by atoms with van der Waals surface area (Å²) in [6.07, 6.45) is 0. The fourth-order valence-corrected chi connectivity index (χ4v) is 3.94. The highest BCUT2D eigenvalue weighted by Crippen LogP contribution is 2.40. The average Bonchev–Trinajstić information content (AvgIpc) is 2.81. The van der Waals surface area contributed by atoms with Gasteiger partial charge in [-0.05, 0) is 54.8 Å². The summed E-state index contributed by atoms with van der Waals surface area (Å²) in [6, 6.07) is 12.7. The van der Waals surface area contributed by atoms with Gasteiger partial charge in [-0.1, -0.05) is 43.6 Å². The summed E-state index contributed by atoms with van der Waals surface area (Å²) < 4.78 is 0. The van der Waals surface area contributed by atoms with Gasteiger partial charge in [0, 0.05) is 10.3 Å². The summed E-state index contributed by atoms with van der Waals surface area (Å²) >= 11 is 7.40. The van der Waals surface area contributed by atoms with Crippen LogP contribution in [0.5, 0.6) is 0 Å². The first kappa shape index (κ1) is 18.7. The van der Waals surface area contributed by atoms with Gasteiger partial charge in [0.25, 0.3) is 11.8 Å². The maximum absolute atomic E-state index is 13.2. The van der Waals surface area contributed by atoms with E-state index in [4.69, 9.17) is 11.6 Å². The normalized spacial score (nSPS) is 14.8. The van der Waals surface area contributed by atoms with Crippen molar-refractivity contribution < 1.29 is 9.59 Å². The number of hydrogen-bond donors (Lipinski definition) is 0. The van der Waals surface area contributed by atoms with Crippen molar-refractivity contribution in [1.82, 2.24) is 0 Å². The second kappa shape index (κ2) is 7.29. The molecule has 0 fully saturated rings. The molecule has 0 aliphatic carbocycles. The minimum Gasteiger partial charge on any atom is -0.268 e. The van der Waals surface area contributed by atoms with Crippen LogP contribution in [-0.2, 0) is 9.59 Å². The molecule has 134 valence electrons. The van der Waals surface area contributed by atoms with Gasteiger partial charge < -0.3 is 0 Å². The van der Waals surface area contributed by atoms with Gasteiger partial charge in [0.1, 0.15) is 0 Å². The van der Waals surface area contributed by atoms with Crippen LogP contribution in [0.2, 0.25) is 5.02 Å². The quantitative estimate of drug-likeness (QED) is 0.663. The molecule has 0 N–H and O–H groups in total. The lowest BCUT2D eigenvalue weighted by Gasteiger charge is -2.17. The number of carbonyl (C=O) groups excluding carboxylic acids is 2. The molecule has 2 amide bonds. The minimum absolute atomic E-state index is 0.184. The molecular formula is C21H20ClNO2S. The third-order valence-electron chi connectivity index (χ3n) is 4.28. The van der Waals surface area contributed by atoms with Gasteiger partial charge in [0.05, 0.1) is 16.2 Å². The van der Waals surface area contributed by atoms with E-state index in [1.807, 2.05) is 45.9 Å². The topological polar surface area (TPSA) is 37.4 Å². The van der Waals surface area contributed by atoms with Crippen LogP contribution < -0.4 is 4.90 Å². The number of anilines is 1. The molecular weight excluding hydrogens is 366 g/mol. The number of thioether (sulfide) groups is 1. The SMILES string of the molecule is Cc1ccc(N2C(=O)C(SC(C)C)=C(c3ccc(Cl)cc3)C2=O)cc1C. The minimum atomic E-state index is -0.288. The van der Waals surface area contributed by atoms with E-state index in [-0.39, 0.29) is 17.1 Å². The summed E-state index contributed by atoms with van der Waals surface area (Å²) in [4.78, 5) is 28.1. The zero-order chi connectivity index (χ0) is 19.0. The summed E-state index contributed by atoms with van der Waals surface area (Å²) in [5, 5.41) is 0.777. The first-order valence-electron chi connectivity index (χ1n) is 8.42. The Labute approximate surface area is 163 Å². The highest BCUT2D eigenvalue weighted by Gasteiger charge is 2.40. The maximum Gasteiger partial charge on any atom is 0.272 e. The van der Waals surface area contributed by atoms with E-state index in [2.05, 4.69) is 0 Å². The van der Waals surface area contributed by atoms with E-state index in [9.17, 15) is 9.59 Å². The Balaban J connectivity index is 2.10. The van der Waals surface area contributed by atoms with Crippen LogP contribution in [-0.4, -0.2) is 17.1 Å². The third kappa shape index (κ3) is 3.44. The van der Waals surface area contributed by atoms with E-state index in [0.717, 1.165) is 11.1 Å². The Kier molecular flexibility index (Phi) is 5.26. The molecule has 0 spiro atoms. The van der Waals surface area contributed by atoms with Crippen LogP contribution in [0.1, 0.15) is 30.5 Å². The summed E-state index contributed by atoms with van der Waals surface area (Å²) in [7, 11) is 0. The molecule has 3 rings (SSSR count). The molecule has 0 aromatic heterocycles. The first-order valence-corrected chi connectivity index (χ1v) is 9.68. The van der Waals surface area contributed by atoms with E-state index >= 15 is 0 Å². The van der Waals surface area contributed by atoms with Gasteiger partial charge in [0.2, 0.25) is 0 Å². The highest BCUT2D eigenvalue weighted by molar-refractivity contribution is 8.04. The molecule has 5 heteroatoms. The summed E-state index contributed by atoms with van der Waals surface area (Å²) in [6.45, 7) is 7.99. The van der Waals surface area contributed by atoms with Crippen molar-refractivity contribution >= 4 is 46.4 Å². The van der Waals surface area contributed by atoms with Crippen molar-refractivity contribution in [3.8, 4) is 0 Å². The largest absolute Gasteiger partial charge is 0.272 e. The summed E-state index contributed by atoms with van der Waals surface area (Å²) in [5.74, 6) is -0.550. The number of imide groups is 1. The first-order chi connectivity index (χ1) is 12.3. The monoisotopic (exact) mass is 385 g/mol. The third-order valence-corrected chi connectivity index (χ3v) is 5.61. The molecule has 0 saturated heterocycles. The van der Waals surface area contributed by atoms with Gasteiger partial charge in [-0.2, -0.15) is 0 Å². The Bertz CT molecular complexity index is 916. The molecule has 1 aliphatic rings. The van der Waals surface area contributed by atoms with Crippen LogP contribution >= 0.6 is 23.4 Å². The van der Waals surface area contributed by atoms with Crippen molar-refractivity contribution in [3.63, 3.8) is 0 Å². The number of halogens is 1. The van der Waals surface area contributed by atoms with Gasteiger partial charge in [0.15, 0.2) is 0 Å². The van der Waals surface area contributed by atoms with Crippen LogP contribution in [0.15, 0.2) is 47.4 Å². The molecule has 26 heavy (non-hydrogen) atoms. The lowest BCUT2D eigenvalue weighted by atomic mass is 10.1. The zero-order valence-electron chi connectivity index (χ0n) is 15.2. The molecule has 0 atom stereocenters. The molecule has 0 bridgehead atoms. The Hall–Kier alpha value is -2.04. The standard InChI is InChI=1S/C21H20ClNO2S/c1-12(2)26-19-18(15-6-8-16(22)9-7-15)20(24)23(21(19)25)17-10-5-13(3)14(4)11-17/h5-12H,1-4H3. The molecule has 0 unspecified atom stereocenters. The van der Waals surface area contributed by atoms with Crippen molar-refractivity contribution in [1.29, 1.82) is 0 Å². The van der Waals surface area contributed by atoms with Gasteiger partial charge in [-0.3, -0.25) is 9.59 Å². The predicted molar refractivity (Wildman–Crippen MR) is 110 cm³/mol. The van der Waals surface area contributed by atoms with Crippen LogP contribution in [0.4, 0.5) is 5.69 Å². The number of amides is 2. The van der Waals surface area contributed by atoms with E-state index < -0.39 is 0 Å². The number of hydrogen-bond acceptors (Lipinski definition) is 3. The second-order valence-electron chi connectivity index (χ2n) is 6.59. The average molecular weight is 386 g/mol. The number of aryl methyl sites for hydroxylation is 2. The molecule has 1 heterocycles.